The topological polar surface area (TPSA) is 76.6 Å². The summed E-state index contributed by atoms with van der Waals surface area (Å²) >= 11 is 0. The van der Waals surface area contributed by atoms with Crippen LogP contribution in [0.2, 0.25) is 0 Å². The summed E-state index contributed by atoms with van der Waals surface area (Å²) in [6.45, 7) is 3.77. The number of halogens is 1. The zero-order chi connectivity index (χ0) is 20.7. The van der Waals surface area contributed by atoms with Gasteiger partial charge in [0.05, 0.1) is 18.6 Å². The van der Waals surface area contributed by atoms with Crippen molar-refractivity contribution in [2.24, 2.45) is 0 Å². The molecule has 1 heterocycles. The van der Waals surface area contributed by atoms with Gasteiger partial charge >= 0.3 is 0 Å². The lowest BCUT2D eigenvalue weighted by atomic mass is 10.1. The normalized spacial score (nSPS) is 11.3. The van der Waals surface area contributed by atoms with Gasteiger partial charge in [-0.05, 0) is 43.0 Å². The molecule has 0 fully saturated rings. The van der Waals surface area contributed by atoms with Crippen molar-refractivity contribution < 1.29 is 22.3 Å². The van der Waals surface area contributed by atoms with Crippen molar-refractivity contribution in [3.63, 3.8) is 0 Å². The number of anilines is 1. The fourth-order valence-electron chi connectivity index (χ4n) is 2.72. The molecule has 152 valence electrons. The number of aryl methyl sites for hydroxylation is 1. The highest BCUT2D eigenvalue weighted by Gasteiger charge is 2.31. The van der Waals surface area contributed by atoms with Crippen molar-refractivity contribution >= 4 is 21.6 Å². The van der Waals surface area contributed by atoms with E-state index in [1.54, 1.807) is 19.2 Å². The summed E-state index contributed by atoms with van der Waals surface area (Å²) < 4.78 is 45.1. The van der Waals surface area contributed by atoms with Crippen LogP contribution in [0.25, 0.3) is 0 Å². The number of methoxy groups -OCH3 is 1. The number of aromatic nitrogens is 1. The van der Waals surface area contributed by atoms with Crippen LogP contribution in [-0.4, -0.2) is 32.2 Å². The van der Waals surface area contributed by atoms with E-state index in [9.17, 15) is 17.6 Å². The largest absolute Gasteiger partial charge is 0.494 e. The fraction of sp³-hybridized carbons (Fsp3) is 0.400. The molecule has 0 saturated heterocycles. The first kappa shape index (κ1) is 21.8. The highest BCUT2D eigenvalue weighted by Crippen LogP contribution is 2.27. The number of amides is 1. The predicted molar refractivity (Wildman–Crippen MR) is 107 cm³/mol. The van der Waals surface area contributed by atoms with Gasteiger partial charge in [0.1, 0.15) is 5.69 Å². The lowest BCUT2D eigenvalue weighted by Crippen LogP contribution is -2.39. The third-order valence-corrected chi connectivity index (χ3v) is 6.01. The van der Waals surface area contributed by atoms with Crippen LogP contribution in [0.3, 0.4) is 0 Å². The number of sulfonamides is 1. The van der Waals surface area contributed by atoms with Gasteiger partial charge in [-0.1, -0.05) is 26.3 Å². The monoisotopic (exact) mass is 408 g/mol. The molecule has 0 spiro atoms. The average Bonchev–Trinajstić information content (AvgIpc) is 2.66. The summed E-state index contributed by atoms with van der Waals surface area (Å²) in [5.41, 5.74) is 0.863. The summed E-state index contributed by atoms with van der Waals surface area (Å²) in [7, 11) is -2.69. The lowest BCUT2D eigenvalue weighted by Gasteiger charge is -2.22. The molecular formula is C20H25FN2O4S. The molecule has 8 heteroatoms. The minimum atomic E-state index is -4.00. The molecule has 0 aliphatic heterocycles. The average molecular weight is 408 g/mol. The molecule has 0 unspecified atom stereocenters. The first-order valence-electron chi connectivity index (χ1n) is 9.19. The number of nitrogens with zero attached hydrogens (tertiary/aromatic N) is 2. The molecule has 6 nitrogen and oxygen atoms in total. The molecule has 0 bridgehead atoms. The summed E-state index contributed by atoms with van der Waals surface area (Å²) in [6, 6.07) is 6.85. The Kier molecular flexibility index (Phi) is 7.51. The van der Waals surface area contributed by atoms with Crippen molar-refractivity contribution in [2.45, 2.75) is 39.5 Å². The second-order valence-corrected chi connectivity index (χ2v) is 8.30. The van der Waals surface area contributed by atoms with Crippen molar-refractivity contribution in [2.75, 3.05) is 17.2 Å². The van der Waals surface area contributed by atoms with E-state index in [0.717, 1.165) is 30.9 Å². The number of pyridine rings is 1. The molecule has 1 aromatic heterocycles. The molecule has 2 rings (SSSR count). The van der Waals surface area contributed by atoms with Gasteiger partial charge in [-0.2, -0.15) is 0 Å². The maximum Gasteiger partial charge on any atom is 0.290 e. The Morgan fingerprint density at radius 1 is 1.18 bits per heavy atom. The molecule has 1 amide bonds. The molecule has 0 radical (unpaired) electrons. The fourth-order valence-corrected chi connectivity index (χ4v) is 4.20. The smallest absolute Gasteiger partial charge is 0.290 e. The summed E-state index contributed by atoms with van der Waals surface area (Å²) in [5.74, 6) is -1.86. The van der Waals surface area contributed by atoms with Crippen molar-refractivity contribution in [1.29, 1.82) is 0 Å². The Bertz CT molecular complexity index is 914. The van der Waals surface area contributed by atoms with Crippen LogP contribution in [0, 0.1) is 5.82 Å². The number of benzene rings is 1. The number of rotatable bonds is 9. The molecule has 0 saturated carbocycles. The second kappa shape index (κ2) is 9.64. The minimum absolute atomic E-state index is 0.0175. The van der Waals surface area contributed by atoms with Gasteiger partial charge in [0.2, 0.25) is 10.0 Å². The maximum atomic E-state index is 14.1. The van der Waals surface area contributed by atoms with E-state index in [4.69, 9.17) is 4.74 Å². The van der Waals surface area contributed by atoms with Crippen LogP contribution in [0.1, 0.15) is 49.2 Å². The first-order valence-corrected chi connectivity index (χ1v) is 10.8. The van der Waals surface area contributed by atoms with Gasteiger partial charge < -0.3 is 4.74 Å². The van der Waals surface area contributed by atoms with E-state index in [-0.39, 0.29) is 22.9 Å². The van der Waals surface area contributed by atoms with Gasteiger partial charge in [-0.25, -0.2) is 17.1 Å². The highest BCUT2D eigenvalue weighted by atomic mass is 32.2. The van der Waals surface area contributed by atoms with E-state index < -0.39 is 21.7 Å². The predicted octanol–water partition coefficient (Wildman–Crippen LogP) is 3.96. The van der Waals surface area contributed by atoms with Gasteiger partial charge in [0.15, 0.2) is 11.6 Å². The molecule has 0 aliphatic carbocycles. The quantitative estimate of drug-likeness (QED) is 0.628. The summed E-state index contributed by atoms with van der Waals surface area (Å²) in [6.07, 6.45) is 4.75. The van der Waals surface area contributed by atoms with E-state index in [1.165, 1.54) is 25.3 Å². The lowest BCUT2D eigenvalue weighted by molar-refractivity contribution is 0.100. The molecule has 0 N–H and O–H groups in total. The van der Waals surface area contributed by atoms with Gasteiger partial charge in [-0.3, -0.25) is 9.78 Å². The third kappa shape index (κ3) is 5.07. The Labute approximate surface area is 165 Å². The van der Waals surface area contributed by atoms with Gasteiger partial charge in [0.25, 0.3) is 5.91 Å². The van der Waals surface area contributed by atoms with Gasteiger partial charge in [-0.15, -0.1) is 0 Å². The summed E-state index contributed by atoms with van der Waals surface area (Å²) in [4.78, 5) is 17.1. The number of hydrogen-bond donors (Lipinski definition) is 0. The van der Waals surface area contributed by atoms with Crippen molar-refractivity contribution in [3.05, 3.63) is 53.6 Å². The van der Waals surface area contributed by atoms with Crippen LogP contribution in [0.4, 0.5) is 10.1 Å². The van der Waals surface area contributed by atoms with Gasteiger partial charge in [0, 0.05) is 12.3 Å². The molecule has 0 aliphatic rings. The zero-order valence-electron chi connectivity index (χ0n) is 16.3. The Balaban J connectivity index is 2.44. The minimum Gasteiger partial charge on any atom is -0.494 e. The summed E-state index contributed by atoms with van der Waals surface area (Å²) in [5, 5.41) is 0. The SMILES string of the molecule is CCCCc1ccc(C(=O)N(c2ccc(OC)c(F)c2)S(=O)(=O)CCC)nc1. The number of unbranched alkanes of at least 4 members (excludes halogenated alkanes) is 1. The highest BCUT2D eigenvalue weighted by molar-refractivity contribution is 7.93. The third-order valence-electron chi connectivity index (χ3n) is 4.16. The molecular weight excluding hydrogens is 383 g/mol. The van der Waals surface area contributed by atoms with Crippen LogP contribution in [0.15, 0.2) is 36.5 Å². The molecule has 28 heavy (non-hydrogen) atoms. The van der Waals surface area contributed by atoms with Crippen LogP contribution in [-0.2, 0) is 16.4 Å². The van der Waals surface area contributed by atoms with Crippen molar-refractivity contribution in [1.82, 2.24) is 4.98 Å². The van der Waals surface area contributed by atoms with E-state index >= 15 is 0 Å². The number of ether oxygens (including phenoxy) is 1. The van der Waals surface area contributed by atoms with E-state index in [1.807, 2.05) is 0 Å². The first-order chi connectivity index (χ1) is 13.3. The zero-order valence-corrected chi connectivity index (χ0v) is 17.1. The molecule has 0 atom stereocenters. The number of hydrogen-bond acceptors (Lipinski definition) is 5. The van der Waals surface area contributed by atoms with Crippen LogP contribution < -0.4 is 9.04 Å². The number of carbonyl (C=O) groups excluding carboxylic acids is 1. The molecule has 2 aromatic rings. The van der Waals surface area contributed by atoms with Crippen LogP contribution >= 0.6 is 0 Å². The molecule has 1 aromatic carbocycles. The second-order valence-electron chi connectivity index (χ2n) is 6.36. The maximum absolute atomic E-state index is 14.1. The van der Waals surface area contributed by atoms with Crippen molar-refractivity contribution in [3.8, 4) is 5.75 Å². The number of carbonyl (C=O) groups is 1. The van der Waals surface area contributed by atoms with Crippen LogP contribution in [0.5, 0.6) is 5.75 Å². The van der Waals surface area contributed by atoms with E-state index in [0.29, 0.717) is 10.7 Å². The Morgan fingerprint density at radius 3 is 2.46 bits per heavy atom. The standard InChI is InChI=1S/C20H25FN2O4S/c1-4-6-7-15-8-10-18(22-14-15)20(24)23(28(25,26)12-5-2)16-9-11-19(27-3)17(21)13-16/h8-11,13-14H,4-7,12H2,1-3H3. The Hall–Kier alpha value is -2.48. The van der Waals surface area contributed by atoms with E-state index in [2.05, 4.69) is 11.9 Å². The Morgan fingerprint density at radius 2 is 1.93 bits per heavy atom.